The second-order valence-electron chi connectivity index (χ2n) is 11.2. The Labute approximate surface area is 220 Å². The highest BCUT2D eigenvalue weighted by atomic mass is 79.9. The first-order valence-electron chi connectivity index (χ1n) is 11.7. The molecule has 2 aromatic carbocycles. The maximum atomic E-state index is 13.3. The first-order valence-corrected chi connectivity index (χ1v) is 15.8. The smallest absolute Gasteiger partial charge is 0.410 e. The Bertz CT molecular complexity index is 952. The molecule has 1 amide bonds. The molecule has 0 saturated carbocycles. The number of hydrogen-bond acceptors (Lipinski definition) is 3. The fourth-order valence-electron chi connectivity index (χ4n) is 3.15. The number of rotatable bonds is 8. The van der Waals surface area contributed by atoms with Crippen molar-refractivity contribution in [3.8, 4) is 0 Å². The van der Waals surface area contributed by atoms with E-state index in [1.165, 1.54) is 0 Å². The van der Waals surface area contributed by atoms with E-state index in [0.29, 0.717) is 18.1 Å². The lowest BCUT2D eigenvalue weighted by molar-refractivity contribution is 0.0159. The van der Waals surface area contributed by atoms with Gasteiger partial charge in [-0.1, -0.05) is 72.6 Å². The standard InChI is InChI=1S/C27H39BrClNO3Si/c1-26(2,3)32-25(31)30(17-16-20-12-14-22(28)15-13-20)19-24(21-10-9-11-23(29)18-21)33-34(7,8)27(4,5)6/h9-15,18,24H,16-17,19H2,1-8H3/t24-/m0/s1. The van der Waals surface area contributed by atoms with Crippen molar-refractivity contribution in [2.45, 2.75) is 77.8 Å². The van der Waals surface area contributed by atoms with Crippen LogP contribution in [0.5, 0.6) is 0 Å². The molecule has 0 spiro atoms. The summed E-state index contributed by atoms with van der Waals surface area (Å²) in [5.74, 6) is 0. The van der Waals surface area contributed by atoms with Crippen molar-refractivity contribution >= 4 is 41.9 Å². The number of carbonyl (C=O) groups is 1. The van der Waals surface area contributed by atoms with Gasteiger partial charge in [-0.2, -0.15) is 0 Å². The largest absolute Gasteiger partial charge is 0.444 e. The van der Waals surface area contributed by atoms with Crippen molar-refractivity contribution in [2.75, 3.05) is 13.1 Å². The molecule has 0 heterocycles. The minimum absolute atomic E-state index is 0.0258. The molecule has 0 unspecified atom stereocenters. The van der Waals surface area contributed by atoms with E-state index in [4.69, 9.17) is 20.8 Å². The Hall–Kier alpha value is -1.34. The fraction of sp³-hybridized carbons (Fsp3) is 0.519. The lowest BCUT2D eigenvalue weighted by atomic mass is 10.1. The van der Waals surface area contributed by atoms with Crippen LogP contribution in [0.3, 0.4) is 0 Å². The van der Waals surface area contributed by atoms with Gasteiger partial charge in [0.1, 0.15) is 5.60 Å². The van der Waals surface area contributed by atoms with E-state index in [-0.39, 0.29) is 17.2 Å². The van der Waals surface area contributed by atoms with Gasteiger partial charge >= 0.3 is 6.09 Å². The Kier molecular flexibility index (Phi) is 9.85. The zero-order valence-electron chi connectivity index (χ0n) is 21.7. The summed E-state index contributed by atoms with van der Waals surface area (Å²) in [7, 11) is -2.14. The molecule has 1 atom stereocenters. The average Bonchev–Trinajstić information content (AvgIpc) is 2.69. The Morgan fingerprint density at radius 1 is 1.06 bits per heavy atom. The van der Waals surface area contributed by atoms with Gasteiger partial charge in [-0.15, -0.1) is 0 Å². The second-order valence-corrected chi connectivity index (χ2v) is 17.3. The molecule has 0 saturated heterocycles. The quantitative estimate of drug-likeness (QED) is 0.299. The van der Waals surface area contributed by atoms with Gasteiger partial charge in [-0.05, 0) is 80.7 Å². The monoisotopic (exact) mass is 567 g/mol. The van der Waals surface area contributed by atoms with E-state index in [0.717, 1.165) is 22.0 Å². The molecule has 0 aliphatic rings. The van der Waals surface area contributed by atoms with E-state index < -0.39 is 13.9 Å². The number of halogens is 2. The van der Waals surface area contributed by atoms with Crippen LogP contribution in [0.25, 0.3) is 0 Å². The van der Waals surface area contributed by atoms with Crippen molar-refractivity contribution in [1.82, 2.24) is 4.90 Å². The van der Waals surface area contributed by atoms with Crippen LogP contribution in [-0.2, 0) is 15.6 Å². The number of ether oxygens (including phenoxy) is 1. The van der Waals surface area contributed by atoms with Crippen molar-refractivity contribution in [3.63, 3.8) is 0 Å². The lowest BCUT2D eigenvalue weighted by Crippen LogP contribution is -2.46. The third-order valence-corrected chi connectivity index (χ3v) is 11.3. The molecule has 0 aliphatic carbocycles. The molecule has 0 bridgehead atoms. The first kappa shape index (κ1) is 28.9. The Morgan fingerprint density at radius 3 is 2.21 bits per heavy atom. The summed E-state index contributed by atoms with van der Waals surface area (Å²) in [5.41, 5.74) is 1.54. The molecule has 2 aromatic rings. The van der Waals surface area contributed by atoms with Gasteiger partial charge in [-0.3, -0.25) is 0 Å². The minimum atomic E-state index is -2.14. The maximum absolute atomic E-state index is 13.3. The molecule has 188 valence electrons. The van der Waals surface area contributed by atoms with Crippen molar-refractivity contribution in [1.29, 1.82) is 0 Å². The van der Waals surface area contributed by atoms with Crippen LogP contribution >= 0.6 is 27.5 Å². The molecule has 0 radical (unpaired) electrons. The van der Waals surface area contributed by atoms with E-state index in [2.05, 4.69) is 61.9 Å². The number of hydrogen-bond donors (Lipinski definition) is 0. The molecule has 4 nitrogen and oxygen atoms in total. The van der Waals surface area contributed by atoms with E-state index in [1.54, 1.807) is 4.90 Å². The molecule has 0 aromatic heterocycles. The van der Waals surface area contributed by atoms with Crippen LogP contribution in [0.15, 0.2) is 53.0 Å². The normalized spacial score (nSPS) is 13.5. The summed E-state index contributed by atoms with van der Waals surface area (Å²) in [6.45, 7) is 17.7. The highest BCUT2D eigenvalue weighted by Gasteiger charge is 2.40. The molecule has 2 rings (SSSR count). The number of nitrogens with zero attached hydrogens (tertiary/aromatic N) is 1. The summed E-state index contributed by atoms with van der Waals surface area (Å²) in [4.78, 5) is 15.0. The van der Waals surface area contributed by atoms with E-state index in [1.807, 2.05) is 57.2 Å². The number of benzene rings is 2. The van der Waals surface area contributed by atoms with Crippen LogP contribution in [-0.4, -0.2) is 38.0 Å². The van der Waals surface area contributed by atoms with Gasteiger partial charge in [0.2, 0.25) is 0 Å². The first-order chi connectivity index (χ1) is 15.6. The third-order valence-electron chi connectivity index (χ3n) is 6.09. The van der Waals surface area contributed by atoms with Crippen LogP contribution in [0, 0.1) is 0 Å². The van der Waals surface area contributed by atoms with Crippen molar-refractivity contribution in [3.05, 3.63) is 69.2 Å². The fourth-order valence-corrected chi connectivity index (χ4v) is 4.89. The SMILES string of the molecule is CC(C)(C)OC(=O)N(CCc1ccc(Br)cc1)C[C@H](O[Si](C)(C)C(C)(C)C)c1cccc(Cl)c1. The van der Waals surface area contributed by atoms with Crippen LogP contribution in [0.2, 0.25) is 23.2 Å². The summed E-state index contributed by atoms with van der Waals surface area (Å²) >= 11 is 9.82. The van der Waals surface area contributed by atoms with Crippen molar-refractivity contribution < 1.29 is 14.0 Å². The summed E-state index contributed by atoms with van der Waals surface area (Å²) in [6.07, 6.45) is 0.0713. The van der Waals surface area contributed by atoms with E-state index in [9.17, 15) is 4.79 Å². The molecular formula is C27H39BrClNO3Si. The summed E-state index contributed by atoms with van der Waals surface area (Å²) in [5, 5.41) is 0.679. The van der Waals surface area contributed by atoms with Gasteiger partial charge in [0.15, 0.2) is 8.32 Å². The van der Waals surface area contributed by atoms with Crippen LogP contribution < -0.4 is 0 Å². The van der Waals surface area contributed by atoms with Crippen molar-refractivity contribution in [2.24, 2.45) is 0 Å². The topological polar surface area (TPSA) is 38.8 Å². The lowest BCUT2D eigenvalue weighted by Gasteiger charge is -2.40. The van der Waals surface area contributed by atoms with E-state index >= 15 is 0 Å². The molecule has 34 heavy (non-hydrogen) atoms. The zero-order valence-corrected chi connectivity index (χ0v) is 25.1. The molecule has 0 fully saturated rings. The van der Waals surface area contributed by atoms with Gasteiger partial charge in [0, 0.05) is 16.0 Å². The van der Waals surface area contributed by atoms with Gasteiger partial charge in [-0.25, -0.2) is 4.79 Å². The highest BCUT2D eigenvalue weighted by Crippen LogP contribution is 2.40. The predicted octanol–water partition coefficient (Wildman–Crippen LogP) is 8.65. The molecule has 0 N–H and O–H groups in total. The molecule has 0 aliphatic heterocycles. The van der Waals surface area contributed by atoms with Gasteiger partial charge in [0.05, 0.1) is 12.6 Å². The number of carbonyl (C=O) groups excluding carboxylic acids is 1. The molecule has 7 heteroatoms. The third kappa shape index (κ3) is 9.03. The highest BCUT2D eigenvalue weighted by molar-refractivity contribution is 9.10. The Balaban J connectivity index is 2.36. The average molecular weight is 569 g/mol. The summed E-state index contributed by atoms with van der Waals surface area (Å²) in [6, 6.07) is 15.9. The Morgan fingerprint density at radius 2 is 1.68 bits per heavy atom. The summed E-state index contributed by atoms with van der Waals surface area (Å²) < 4.78 is 13.7. The second kappa shape index (κ2) is 11.6. The number of amides is 1. The minimum Gasteiger partial charge on any atom is -0.444 e. The maximum Gasteiger partial charge on any atom is 0.410 e. The zero-order chi connectivity index (χ0) is 25.7. The van der Waals surface area contributed by atoms with Crippen LogP contribution in [0.4, 0.5) is 4.79 Å². The predicted molar refractivity (Wildman–Crippen MR) is 148 cm³/mol. The van der Waals surface area contributed by atoms with Gasteiger partial charge < -0.3 is 14.1 Å². The van der Waals surface area contributed by atoms with Gasteiger partial charge in [0.25, 0.3) is 0 Å². The van der Waals surface area contributed by atoms with Crippen LogP contribution in [0.1, 0.15) is 58.8 Å². The molecular weight excluding hydrogens is 530 g/mol.